The maximum Gasteiger partial charge on any atom is 0.292 e. The number of nitro groups is 2. The van der Waals surface area contributed by atoms with Gasteiger partial charge in [0, 0.05) is 12.1 Å². The SMILES string of the molecule is Nc1ncc(F)c(N(c2ccc([N+](=O)[O-])c(N)c2)c2ccc([N+](=O)[O-])c(N)c2)n1. The van der Waals surface area contributed by atoms with E-state index in [-0.39, 0.29) is 45.9 Å². The minimum atomic E-state index is -0.868. The van der Waals surface area contributed by atoms with E-state index in [1.165, 1.54) is 29.2 Å². The van der Waals surface area contributed by atoms with Crippen LogP contribution < -0.4 is 22.1 Å². The van der Waals surface area contributed by atoms with Gasteiger partial charge in [-0.05, 0) is 24.3 Å². The number of hydrogen-bond donors (Lipinski definition) is 3. The summed E-state index contributed by atoms with van der Waals surface area (Å²) in [4.78, 5) is 29.3. The fourth-order valence-corrected chi connectivity index (χ4v) is 2.62. The van der Waals surface area contributed by atoms with E-state index in [9.17, 15) is 24.6 Å². The van der Waals surface area contributed by atoms with Crippen LogP contribution in [0.2, 0.25) is 0 Å². The van der Waals surface area contributed by atoms with E-state index in [0.29, 0.717) is 0 Å². The zero-order chi connectivity index (χ0) is 21.3. The Morgan fingerprint density at radius 3 is 1.79 bits per heavy atom. The van der Waals surface area contributed by atoms with Crippen molar-refractivity contribution in [2.45, 2.75) is 0 Å². The van der Waals surface area contributed by atoms with Gasteiger partial charge in [-0.15, -0.1) is 0 Å². The number of hydrogen-bond acceptors (Lipinski definition) is 10. The van der Waals surface area contributed by atoms with Crippen molar-refractivity contribution in [3.63, 3.8) is 0 Å². The average Bonchev–Trinajstić information content (AvgIpc) is 2.64. The fraction of sp³-hybridized carbons (Fsp3) is 0. The molecule has 3 rings (SSSR count). The standard InChI is InChI=1S/C16H13FN8O4/c17-10-7-21-16(20)22-15(10)23(8-1-3-13(24(26)27)11(18)5-8)9-2-4-14(25(28)29)12(19)6-9/h1-7H,18-19H2,(H2,20,21,22). The maximum absolute atomic E-state index is 14.5. The molecule has 0 saturated heterocycles. The molecule has 148 valence electrons. The second-order valence-electron chi connectivity index (χ2n) is 5.74. The molecule has 13 heteroatoms. The third-order valence-electron chi connectivity index (χ3n) is 3.89. The first kappa shape index (κ1) is 19.2. The van der Waals surface area contributed by atoms with Crippen molar-refractivity contribution in [1.82, 2.24) is 9.97 Å². The fourth-order valence-electron chi connectivity index (χ4n) is 2.62. The average molecular weight is 400 g/mol. The smallest absolute Gasteiger partial charge is 0.292 e. The van der Waals surface area contributed by atoms with Gasteiger partial charge in [-0.25, -0.2) is 9.37 Å². The predicted molar refractivity (Wildman–Crippen MR) is 103 cm³/mol. The number of nitrogens with zero attached hydrogens (tertiary/aromatic N) is 5. The lowest BCUT2D eigenvalue weighted by Gasteiger charge is -2.25. The summed E-state index contributed by atoms with van der Waals surface area (Å²) in [5.74, 6) is -1.41. The second kappa shape index (κ2) is 7.22. The molecule has 3 aromatic rings. The number of nitrogens with two attached hydrogens (primary N) is 3. The molecule has 0 saturated carbocycles. The quantitative estimate of drug-likeness (QED) is 0.325. The lowest BCUT2D eigenvalue weighted by Crippen LogP contribution is -2.16. The van der Waals surface area contributed by atoms with E-state index in [1.807, 2.05) is 0 Å². The molecule has 0 radical (unpaired) electrons. The van der Waals surface area contributed by atoms with Crippen LogP contribution in [0.5, 0.6) is 0 Å². The van der Waals surface area contributed by atoms with Crippen LogP contribution in [0.4, 0.5) is 50.3 Å². The Kier molecular flexibility index (Phi) is 4.79. The van der Waals surface area contributed by atoms with Crippen LogP contribution in [0.25, 0.3) is 0 Å². The first-order valence-electron chi connectivity index (χ1n) is 7.85. The first-order valence-corrected chi connectivity index (χ1v) is 7.85. The van der Waals surface area contributed by atoms with Crippen molar-refractivity contribution in [2.24, 2.45) is 0 Å². The van der Waals surface area contributed by atoms with Crippen LogP contribution in [0.1, 0.15) is 0 Å². The lowest BCUT2D eigenvalue weighted by molar-refractivity contribution is -0.384. The lowest BCUT2D eigenvalue weighted by atomic mass is 10.1. The molecule has 2 aromatic carbocycles. The highest BCUT2D eigenvalue weighted by atomic mass is 19.1. The zero-order valence-electron chi connectivity index (χ0n) is 14.5. The van der Waals surface area contributed by atoms with Crippen LogP contribution in [-0.2, 0) is 0 Å². The Hall–Kier alpha value is -4.55. The highest BCUT2D eigenvalue weighted by Crippen LogP contribution is 2.39. The van der Waals surface area contributed by atoms with Gasteiger partial charge in [0.2, 0.25) is 5.95 Å². The molecule has 0 spiro atoms. The molecule has 1 heterocycles. The minimum Gasteiger partial charge on any atom is -0.393 e. The predicted octanol–water partition coefficient (Wildman–Crippen LogP) is 2.65. The molecule has 29 heavy (non-hydrogen) atoms. The number of halogens is 1. The molecule has 0 atom stereocenters. The molecule has 0 aliphatic heterocycles. The molecule has 0 aliphatic carbocycles. The van der Waals surface area contributed by atoms with Gasteiger partial charge < -0.3 is 17.2 Å². The van der Waals surface area contributed by atoms with Crippen molar-refractivity contribution in [3.8, 4) is 0 Å². The van der Waals surface area contributed by atoms with Gasteiger partial charge >= 0.3 is 0 Å². The van der Waals surface area contributed by atoms with Gasteiger partial charge in [0.25, 0.3) is 11.4 Å². The van der Waals surface area contributed by atoms with Gasteiger partial charge in [0.15, 0.2) is 11.6 Å². The molecule has 12 nitrogen and oxygen atoms in total. The number of aromatic nitrogens is 2. The maximum atomic E-state index is 14.5. The van der Waals surface area contributed by atoms with E-state index in [1.54, 1.807) is 0 Å². The Labute approximate surface area is 161 Å². The van der Waals surface area contributed by atoms with Crippen molar-refractivity contribution >= 4 is 45.9 Å². The van der Waals surface area contributed by atoms with E-state index < -0.39 is 15.7 Å². The van der Waals surface area contributed by atoms with Crippen molar-refractivity contribution in [2.75, 3.05) is 22.1 Å². The van der Waals surface area contributed by atoms with Crippen LogP contribution in [0, 0.1) is 26.0 Å². The van der Waals surface area contributed by atoms with Crippen molar-refractivity contribution in [1.29, 1.82) is 0 Å². The largest absolute Gasteiger partial charge is 0.393 e. The molecule has 0 amide bonds. The van der Waals surface area contributed by atoms with Crippen LogP contribution in [-0.4, -0.2) is 19.8 Å². The number of anilines is 6. The van der Waals surface area contributed by atoms with E-state index >= 15 is 0 Å². The molecule has 0 aliphatic rings. The summed E-state index contributed by atoms with van der Waals surface area (Å²) in [6, 6.07) is 7.35. The zero-order valence-corrected chi connectivity index (χ0v) is 14.5. The molecule has 0 unspecified atom stereocenters. The van der Waals surface area contributed by atoms with Gasteiger partial charge in [-0.2, -0.15) is 4.98 Å². The van der Waals surface area contributed by atoms with Gasteiger partial charge in [-0.3, -0.25) is 25.1 Å². The molecule has 1 aromatic heterocycles. The Balaban J connectivity index is 2.24. The van der Waals surface area contributed by atoms with Gasteiger partial charge in [0.05, 0.1) is 27.4 Å². The summed E-state index contributed by atoms with van der Waals surface area (Å²) < 4.78 is 14.5. The Morgan fingerprint density at radius 2 is 1.38 bits per heavy atom. The van der Waals surface area contributed by atoms with E-state index in [0.717, 1.165) is 18.3 Å². The highest BCUT2D eigenvalue weighted by molar-refractivity contribution is 5.81. The van der Waals surface area contributed by atoms with Crippen LogP contribution >= 0.6 is 0 Å². The summed E-state index contributed by atoms with van der Waals surface area (Å²) in [5.41, 5.74) is 16.3. The number of benzene rings is 2. The summed E-state index contributed by atoms with van der Waals surface area (Å²) in [5, 5.41) is 22.0. The van der Waals surface area contributed by atoms with E-state index in [2.05, 4.69) is 9.97 Å². The Morgan fingerprint density at radius 1 is 0.897 bits per heavy atom. The van der Waals surface area contributed by atoms with Crippen LogP contribution in [0.15, 0.2) is 42.6 Å². The number of nitrogen functional groups attached to an aromatic ring is 3. The normalized spacial score (nSPS) is 10.5. The van der Waals surface area contributed by atoms with E-state index in [4.69, 9.17) is 17.2 Å². The number of nitro benzene ring substituents is 2. The molecular weight excluding hydrogens is 387 g/mol. The summed E-state index contributed by atoms with van der Waals surface area (Å²) in [6.07, 6.45) is 0.841. The molecule has 0 fully saturated rings. The Bertz CT molecular complexity index is 1080. The van der Waals surface area contributed by atoms with Gasteiger partial charge in [-0.1, -0.05) is 0 Å². The topological polar surface area (TPSA) is 193 Å². The van der Waals surface area contributed by atoms with Gasteiger partial charge in [0.1, 0.15) is 11.4 Å². The monoisotopic (exact) mass is 400 g/mol. The third-order valence-corrected chi connectivity index (χ3v) is 3.89. The minimum absolute atomic E-state index is 0.179. The second-order valence-corrected chi connectivity index (χ2v) is 5.74. The van der Waals surface area contributed by atoms with Crippen molar-refractivity contribution < 1.29 is 14.2 Å². The van der Waals surface area contributed by atoms with Crippen molar-refractivity contribution in [3.05, 3.63) is 68.6 Å². The highest BCUT2D eigenvalue weighted by Gasteiger charge is 2.23. The third kappa shape index (κ3) is 3.64. The summed E-state index contributed by atoms with van der Waals surface area (Å²) in [6.45, 7) is 0. The molecule has 0 bridgehead atoms. The molecule has 6 N–H and O–H groups in total. The summed E-state index contributed by atoms with van der Waals surface area (Å²) >= 11 is 0. The van der Waals surface area contributed by atoms with Crippen LogP contribution in [0.3, 0.4) is 0 Å². The molecular formula is C16H13FN8O4. The first-order chi connectivity index (χ1) is 13.7. The number of rotatable bonds is 5. The summed E-state index contributed by atoms with van der Waals surface area (Å²) in [7, 11) is 0.